The van der Waals surface area contributed by atoms with E-state index in [1.807, 2.05) is 0 Å². The average Bonchev–Trinajstić information content (AvgIpc) is 2.93. The molecule has 9 atom stereocenters. The molecule has 27 heavy (non-hydrogen) atoms. The SMILES string of the molecule is O=S(=O)(O)O[C@@H]1[C@H](O)[C@@H](O)[C@H](O[C@@H]2[C@@H]([C@@H](O)C(O)O)OC[C@H]2O)O[C@@H]1CO. The first-order valence-corrected chi connectivity index (χ1v) is 9.10. The van der Waals surface area contributed by atoms with E-state index < -0.39 is 78.4 Å². The van der Waals surface area contributed by atoms with Crippen LogP contribution in [-0.4, -0.2) is 123 Å². The number of aliphatic hydroxyl groups excluding tert-OH is 6. The predicted molar refractivity (Wildman–Crippen MR) is 79.0 cm³/mol. The van der Waals surface area contributed by atoms with Crippen LogP contribution in [0.4, 0.5) is 0 Å². The largest absolute Gasteiger partial charge is 0.397 e. The zero-order valence-electron chi connectivity index (χ0n) is 13.6. The zero-order chi connectivity index (χ0) is 20.5. The standard InChI is InChI=1S/C12H22O14S/c13-1-4-9(26-27(20,21)22)5(15)6(16)12(24-4)25-8-3(14)2-23-10(8)7(17)11(18)19/h3-19H,1-2H2,(H,20,21,22)/t3-,4-,5-,6-,7-,8+,9+,10-,12+/m1/s1. The smallest absolute Gasteiger partial charge is 0.394 e. The maximum Gasteiger partial charge on any atom is 0.397 e. The van der Waals surface area contributed by atoms with Gasteiger partial charge < -0.3 is 50.0 Å². The summed E-state index contributed by atoms with van der Waals surface area (Å²) in [5.41, 5.74) is 0. The molecule has 0 bridgehead atoms. The second kappa shape index (κ2) is 8.87. The van der Waals surface area contributed by atoms with Crippen molar-refractivity contribution in [1.29, 1.82) is 0 Å². The zero-order valence-corrected chi connectivity index (χ0v) is 14.4. The van der Waals surface area contributed by atoms with E-state index in [1.165, 1.54) is 0 Å². The Morgan fingerprint density at radius 3 is 2.22 bits per heavy atom. The van der Waals surface area contributed by atoms with Crippen LogP contribution in [0.2, 0.25) is 0 Å². The highest BCUT2D eigenvalue weighted by atomic mass is 32.3. The molecular weight excluding hydrogens is 400 g/mol. The van der Waals surface area contributed by atoms with Crippen molar-refractivity contribution in [2.45, 2.75) is 61.4 Å². The molecule has 8 N–H and O–H groups in total. The molecular formula is C12H22O14S. The monoisotopic (exact) mass is 422 g/mol. The van der Waals surface area contributed by atoms with Crippen LogP contribution < -0.4 is 0 Å². The van der Waals surface area contributed by atoms with Gasteiger partial charge in [0.05, 0.1) is 13.2 Å². The average molecular weight is 422 g/mol. The molecule has 2 aliphatic heterocycles. The van der Waals surface area contributed by atoms with Crippen molar-refractivity contribution < 1.29 is 67.1 Å². The molecule has 0 radical (unpaired) electrons. The maximum atomic E-state index is 10.8. The fourth-order valence-electron chi connectivity index (χ4n) is 2.83. The molecule has 15 heteroatoms. The van der Waals surface area contributed by atoms with E-state index in [0.717, 1.165) is 0 Å². The van der Waals surface area contributed by atoms with E-state index >= 15 is 0 Å². The van der Waals surface area contributed by atoms with Crippen molar-refractivity contribution >= 4 is 10.4 Å². The van der Waals surface area contributed by atoms with Gasteiger partial charge in [-0.3, -0.25) is 4.55 Å². The maximum absolute atomic E-state index is 10.8. The Morgan fingerprint density at radius 1 is 1.07 bits per heavy atom. The van der Waals surface area contributed by atoms with Gasteiger partial charge in [-0.15, -0.1) is 0 Å². The van der Waals surface area contributed by atoms with Gasteiger partial charge in [0.25, 0.3) is 0 Å². The first kappa shape index (κ1) is 22.8. The lowest BCUT2D eigenvalue weighted by Gasteiger charge is -2.42. The molecule has 2 fully saturated rings. The third-order valence-electron chi connectivity index (χ3n) is 4.15. The molecule has 0 saturated carbocycles. The Morgan fingerprint density at radius 2 is 1.70 bits per heavy atom. The molecule has 0 unspecified atom stereocenters. The number of hydrogen-bond acceptors (Lipinski definition) is 13. The first-order valence-electron chi connectivity index (χ1n) is 7.73. The molecule has 2 rings (SSSR count). The number of rotatable bonds is 7. The van der Waals surface area contributed by atoms with Crippen LogP contribution in [-0.2, 0) is 28.8 Å². The molecule has 0 aromatic heterocycles. The summed E-state index contributed by atoms with van der Waals surface area (Å²) in [4.78, 5) is 0. The topological polar surface area (TPSA) is 233 Å². The van der Waals surface area contributed by atoms with E-state index in [2.05, 4.69) is 4.18 Å². The van der Waals surface area contributed by atoms with Crippen LogP contribution in [0.3, 0.4) is 0 Å². The second-order valence-corrected chi connectivity index (χ2v) is 7.11. The minimum Gasteiger partial charge on any atom is -0.394 e. The van der Waals surface area contributed by atoms with E-state index in [9.17, 15) is 34.0 Å². The summed E-state index contributed by atoms with van der Waals surface area (Å²) < 4.78 is 50.0. The van der Waals surface area contributed by atoms with Crippen LogP contribution in [0.5, 0.6) is 0 Å². The lowest BCUT2D eigenvalue weighted by molar-refractivity contribution is -0.318. The summed E-state index contributed by atoms with van der Waals surface area (Å²) in [7, 11) is -5.05. The van der Waals surface area contributed by atoms with Crippen LogP contribution >= 0.6 is 0 Å². The van der Waals surface area contributed by atoms with Gasteiger partial charge in [0.2, 0.25) is 0 Å². The molecule has 160 valence electrons. The van der Waals surface area contributed by atoms with Crippen LogP contribution in [0.25, 0.3) is 0 Å². The number of ether oxygens (including phenoxy) is 3. The van der Waals surface area contributed by atoms with Crippen molar-refractivity contribution in [3.8, 4) is 0 Å². The Balaban J connectivity index is 2.14. The molecule has 2 heterocycles. The quantitative estimate of drug-likeness (QED) is 0.141. The molecule has 0 aliphatic carbocycles. The molecule has 2 saturated heterocycles. The van der Waals surface area contributed by atoms with Crippen molar-refractivity contribution in [1.82, 2.24) is 0 Å². The van der Waals surface area contributed by atoms with Crippen LogP contribution in [0, 0.1) is 0 Å². The van der Waals surface area contributed by atoms with E-state index in [-0.39, 0.29) is 6.61 Å². The summed E-state index contributed by atoms with van der Waals surface area (Å²) >= 11 is 0. The van der Waals surface area contributed by atoms with E-state index in [0.29, 0.717) is 0 Å². The van der Waals surface area contributed by atoms with Gasteiger partial charge in [0.1, 0.15) is 48.8 Å². The highest BCUT2D eigenvalue weighted by molar-refractivity contribution is 7.80. The van der Waals surface area contributed by atoms with Crippen molar-refractivity contribution in [3.63, 3.8) is 0 Å². The Kier molecular flexibility index (Phi) is 7.47. The van der Waals surface area contributed by atoms with Gasteiger partial charge >= 0.3 is 10.4 Å². The highest BCUT2D eigenvalue weighted by Crippen LogP contribution is 2.30. The summed E-state index contributed by atoms with van der Waals surface area (Å²) in [6, 6.07) is 0. The lowest BCUT2D eigenvalue weighted by atomic mass is 9.99. The summed E-state index contributed by atoms with van der Waals surface area (Å²) in [5.74, 6) is 0. The van der Waals surface area contributed by atoms with E-state index in [4.69, 9.17) is 29.0 Å². The number of aliphatic hydroxyl groups is 7. The van der Waals surface area contributed by atoms with Gasteiger partial charge in [-0.2, -0.15) is 8.42 Å². The predicted octanol–water partition coefficient (Wildman–Crippen LogP) is -5.57. The van der Waals surface area contributed by atoms with Gasteiger partial charge in [0.15, 0.2) is 12.6 Å². The lowest BCUT2D eigenvalue weighted by Crippen LogP contribution is -2.62. The third-order valence-corrected chi connectivity index (χ3v) is 4.61. The first-order chi connectivity index (χ1) is 12.5. The molecule has 14 nitrogen and oxygen atoms in total. The number of hydrogen-bond donors (Lipinski definition) is 8. The van der Waals surface area contributed by atoms with Gasteiger partial charge in [-0.1, -0.05) is 0 Å². The molecule has 0 spiro atoms. The summed E-state index contributed by atoms with van der Waals surface area (Å²) in [6.45, 7) is -1.27. The van der Waals surface area contributed by atoms with Crippen molar-refractivity contribution in [3.05, 3.63) is 0 Å². The third kappa shape index (κ3) is 5.30. The molecule has 0 amide bonds. The van der Waals surface area contributed by atoms with Crippen LogP contribution in [0.1, 0.15) is 0 Å². The summed E-state index contributed by atoms with van der Waals surface area (Å²) in [5, 5.41) is 67.1. The van der Waals surface area contributed by atoms with Gasteiger partial charge in [-0.25, -0.2) is 4.18 Å². The minimum absolute atomic E-state index is 0.359. The van der Waals surface area contributed by atoms with Crippen molar-refractivity contribution in [2.24, 2.45) is 0 Å². The fourth-order valence-corrected chi connectivity index (χ4v) is 3.35. The van der Waals surface area contributed by atoms with Crippen molar-refractivity contribution in [2.75, 3.05) is 13.2 Å². The Hall–Kier alpha value is -0.530. The minimum atomic E-state index is -5.05. The highest BCUT2D eigenvalue weighted by Gasteiger charge is 2.51. The Labute approximate surface area is 153 Å². The van der Waals surface area contributed by atoms with E-state index in [1.54, 1.807) is 0 Å². The molecule has 0 aromatic rings. The normalized spacial score (nSPS) is 41.8. The Bertz CT molecular complexity index is 581. The second-order valence-electron chi connectivity index (χ2n) is 6.07. The fraction of sp³-hybridized carbons (Fsp3) is 1.00. The molecule has 0 aromatic carbocycles. The van der Waals surface area contributed by atoms with Crippen LogP contribution in [0.15, 0.2) is 0 Å². The van der Waals surface area contributed by atoms with Gasteiger partial charge in [0, 0.05) is 0 Å². The molecule has 2 aliphatic rings. The van der Waals surface area contributed by atoms with Gasteiger partial charge in [-0.05, 0) is 0 Å². The summed E-state index contributed by atoms with van der Waals surface area (Å²) in [6.07, 6.45) is -17.5.